The summed E-state index contributed by atoms with van der Waals surface area (Å²) in [5.41, 5.74) is 5.81. The quantitative estimate of drug-likeness (QED) is 0.0355. The number of aromatic amines is 1. The Labute approximate surface area is 457 Å². The Morgan fingerprint density at radius 2 is 1.51 bits per heavy atom. The van der Waals surface area contributed by atoms with Gasteiger partial charge in [-0.15, -0.1) is 0 Å². The number of hydrogen-bond acceptors (Lipinski definition) is 23. The Morgan fingerprint density at radius 3 is 2.23 bits per heavy atom. The number of imidazole rings is 2. The molecule has 10 N–H and O–H groups in total. The van der Waals surface area contributed by atoms with Crippen LogP contribution in [0, 0.1) is 5.92 Å². The normalized spacial score (nSPS) is 26.6. The summed E-state index contributed by atoms with van der Waals surface area (Å²) in [6.45, 7) is 3.39. The van der Waals surface area contributed by atoms with Gasteiger partial charge in [0, 0.05) is 37.2 Å². The standard InChI is InChI=1S/C46H56N14O19P2/c1-22(2)33(54-29(61)7-5-4-6-14-58-30(62)12-13-31(58)63)42(66)52-23(3)41(65)53-25-10-8-24(9-11-25)16-73-46(68)55-38-34-39(49-19-48-38)60(21-50-34)44-36(64)37-28(77-44)18-75-80(69,70)78-26-15-32(76-27(26)17-74-81(71,72)79-37)59-20-51-35-40(59)56-45(47)57-43(35)67/h8-13,19-23,26-28,32-33,36-37,44,64H,4-7,14-18H2,1-3H3,(H,52,66)(H,53,65)(H,54,61)(H,69,70)(H,71,72)(H3,47,56,57,67)(H,48,49,55,68)/t23-,26-,27+,28+,32+,33-,36+,37+,44+/m0/s1. The number of H-pyrrole nitrogens is 1. The zero-order valence-electron chi connectivity index (χ0n) is 43.3. The number of carbonyl (C=O) groups excluding carboxylic acids is 6. The molecule has 3 fully saturated rings. The average Bonchev–Trinajstić information content (AvgIpc) is 3.98. The second kappa shape index (κ2) is 24.4. The van der Waals surface area contributed by atoms with E-state index >= 15 is 0 Å². The van der Waals surface area contributed by atoms with Crippen LogP contribution in [0.2, 0.25) is 0 Å². The monoisotopic (exact) mass is 1170 g/mol. The van der Waals surface area contributed by atoms with Crippen LogP contribution in [0.5, 0.6) is 0 Å². The molecule has 5 aromatic rings. The Balaban J connectivity index is 0.750. The smallest absolute Gasteiger partial charge is 0.444 e. The molecule has 6 amide bonds. The first-order valence-corrected chi connectivity index (χ1v) is 28.2. The number of unbranched alkanes of at least 4 members (excludes halogenated alkanes) is 2. The lowest BCUT2D eigenvalue weighted by molar-refractivity contribution is -0.137. The number of imide groups is 1. The maximum absolute atomic E-state index is 13.4. The van der Waals surface area contributed by atoms with Crippen molar-refractivity contribution in [3.63, 3.8) is 0 Å². The van der Waals surface area contributed by atoms with Gasteiger partial charge in [0.15, 0.2) is 34.4 Å². The van der Waals surface area contributed by atoms with Crippen LogP contribution in [0.1, 0.15) is 70.9 Å². The molecule has 1 aromatic carbocycles. The predicted octanol–water partition coefficient (Wildman–Crippen LogP) is 0.924. The number of nitrogen functional groups attached to an aromatic ring is 1. The molecule has 4 aliphatic rings. The Bertz CT molecular complexity index is 3390. The number of phosphoric acid groups is 2. The van der Waals surface area contributed by atoms with E-state index < -0.39 is 107 Å². The van der Waals surface area contributed by atoms with E-state index in [-0.39, 0.29) is 83.7 Å². The summed E-state index contributed by atoms with van der Waals surface area (Å²) in [4.78, 5) is 134. The van der Waals surface area contributed by atoms with Crippen molar-refractivity contribution in [1.82, 2.24) is 54.6 Å². The molecular weight excluding hydrogens is 1110 g/mol. The lowest BCUT2D eigenvalue weighted by Crippen LogP contribution is -2.53. The van der Waals surface area contributed by atoms with Crippen LogP contribution < -0.4 is 32.6 Å². The van der Waals surface area contributed by atoms with E-state index in [1.807, 2.05) is 0 Å². The lowest BCUT2D eigenvalue weighted by atomic mass is 10.0. The summed E-state index contributed by atoms with van der Waals surface area (Å²) in [5.74, 6) is -2.89. The highest BCUT2D eigenvalue weighted by Gasteiger charge is 2.52. The number of benzene rings is 1. The van der Waals surface area contributed by atoms with E-state index in [0.717, 1.165) is 17.6 Å². The average molecular weight is 1170 g/mol. The lowest BCUT2D eigenvalue weighted by Gasteiger charge is -2.27. The highest BCUT2D eigenvalue weighted by molar-refractivity contribution is 7.47. The van der Waals surface area contributed by atoms with Gasteiger partial charge in [-0.2, -0.15) is 4.98 Å². The summed E-state index contributed by atoms with van der Waals surface area (Å²) < 4.78 is 68.1. The van der Waals surface area contributed by atoms with Gasteiger partial charge in [0.05, 0.1) is 25.9 Å². The number of nitrogens with zero attached hydrogens (tertiary/aromatic N) is 8. The van der Waals surface area contributed by atoms with Gasteiger partial charge < -0.3 is 50.8 Å². The molecule has 11 atom stereocenters. The molecule has 0 saturated carbocycles. The van der Waals surface area contributed by atoms with Gasteiger partial charge in [-0.25, -0.2) is 33.9 Å². The number of carbonyl (C=O) groups is 6. The highest BCUT2D eigenvalue weighted by Crippen LogP contribution is 2.53. The molecule has 4 aliphatic heterocycles. The molecule has 0 bridgehead atoms. The number of ether oxygens (including phenoxy) is 3. The first kappa shape index (κ1) is 58.2. The molecule has 3 saturated heterocycles. The minimum Gasteiger partial charge on any atom is -0.444 e. The zero-order chi connectivity index (χ0) is 57.9. The molecule has 9 rings (SSSR count). The number of rotatable bonds is 17. The van der Waals surface area contributed by atoms with Crippen molar-refractivity contribution in [2.75, 3.05) is 36.1 Å². The van der Waals surface area contributed by atoms with E-state index in [2.05, 4.69) is 51.2 Å². The fraction of sp³-hybridized carbons (Fsp3) is 0.478. The molecule has 4 aromatic heterocycles. The van der Waals surface area contributed by atoms with Crippen LogP contribution in [0.3, 0.4) is 0 Å². The number of aliphatic hydroxyl groups is 1. The van der Waals surface area contributed by atoms with Crippen molar-refractivity contribution >= 4 is 91.1 Å². The number of phosphoric ester groups is 2. The van der Waals surface area contributed by atoms with Crippen molar-refractivity contribution in [2.24, 2.45) is 5.92 Å². The number of nitrogens with one attached hydrogen (secondary N) is 5. The first-order valence-electron chi connectivity index (χ1n) is 25.2. The number of amides is 6. The fourth-order valence-corrected chi connectivity index (χ4v) is 11.0. The third-order valence-electron chi connectivity index (χ3n) is 13.2. The van der Waals surface area contributed by atoms with Gasteiger partial charge in [-0.05, 0) is 43.4 Å². The maximum atomic E-state index is 13.4. The number of anilines is 3. The predicted molar refractivity (Wildman–Crippen MR) is 275 cm³/mol. The van der Waals surface area contributed by atoms with Crippen LogP contribution in [0.15, 0.2) is 60.2 Å². The van der Waals surface area contributed by atoms with Crippen molar-refractivity contribution in [3.05, 3.63) is 71.3 Å². The number of aromatic nitrogens is 8. The Kier molecular flexibility index (Phi) is 17.5. The van der Waals surface area contributed by atoms with Gasteiger partial charge in [0.2, 0.25) is 23.7 Å². The van der Waals surface area contributed by atoms with Gasteiger partial charge in [0.25, 0.3) is 17.4 Å². The van der Waals surface area contributed by atoms with E-state index in [4.69, 9.17) is 38.0 Å². The SMILES string of the molecule is CC(C)[C@H](NC(=O)CCCCCN1C(=O)C=CC1=O)C(=O)N[C@@H](C)C(=O)Nc1ccc(COC(=O)Nc2ncnc3c2ncn3[C@@H]2O[C@@H]3COP(=O)(O)O[C@H]4C[C@H](n5cnc6c(=O)[nH]c(N)nc65)O[C@@H]4COP(=O)(O)O[C@H]3[C@H]2O)cc1. The molecular formula is C46H56N14O19P2. The molecule has 434 valence electrons. The van der Waals surface area contributed by atoms with E-state index in [1.54, 1.807) is 38.1 Å². The second-order valence-corrected chi connectivity index (χ2v) is 22.2. The molecule has 0 spiro atoms. The van der Waals surface area contributed by atoms with E-state index in [9.17, 15) is 57.6 Å². The maximum Gasteiger partial charge on any atom is 0.472 e. The van der Waals surface area contributed by atoms with Crippen molar-refractivity contribution in [2.45, 2.75) is 115 Å². The van der Waals surface area contributed by atoms with Crippen LogP contribution >= 0.6 is 15.6 Å². The number of fused-ring (bicyclic) bond motifs is 4. The van der Waals surface area contributed by atoms with Gasteiger partial charge in [0.1, 0.15) is 61.8 Å². The summed E-state index contributed by atoms with van der Waals surface area (Å²) in [6.07, 6.45) is -3.92. The summed E-state index contributed by atoms with van der Waals surface area (Å²) in [5, 5.41) is 22.1. The zero-order valence-corrected chi connectivity index (χ0v) is 45.0. The Hall–Kier alpha value is -7.42. The minimum absolute atomic E-state index is 0.0130. The number of hydrogen-bond donors (Lipinski definition) is 9. The third kappa shape index (κ3) is 13.7. The molecule has 0 radical (unpaired) electrons. The van der Waals surface area contributed by atoms with Crippen LogP contribution in [-0.4, -0.2) is 157 Å². The van der Waals surface area contributed by atoms with Gasteiger partial charge in [-0.3, -0.25) is 71.2 Å². The topological polar surface area (TPSA) is 446 Å². The van der Waals surface area contributed by atoms with Crippen LogP contribution in [0.25, 0.3) is 22.3 Å². The second-order valence-electron chi connectivity index (χ2n) is 19.4. The molecule has 2 unspecified atom stereocenters. The highest BCUT2D eigenvalue weighted by atomic mass is 31.2. The van der Waals surface area contributed by atoms with Gasteiger partial charge >= 0.3 is 21.7 Å². The van der Waals surface area contributed by atoms with Crippen molar-refractivity contribution in [3.8, 4) is 0 Å². The summed E-state index contributed by atoms with van der Waals surface area (Å²) >= 11 is 0. The number of nitrogens with two attached hydrogens (primary N) is 1. The number of aliphatic hydroxyl groups excluding tert-OH is 1. The largest absolute Gasteiger partial charge is 0.472 e. The third-order valence-corrected chi connectivity index (χ3v) is 15.2. The molecule has 33 nitrogen and oxygen atoms in total. The van der Waals surface area contributed by atoms with Crippen LogP contribution in [0.4, 0.5) is 22.2 Å². The van der Waals surface area contributed by atoms with Gasteiger partial charge in [-0.1, -0.05) is 32.4 Å². The first-order chi connectivity index (χ1) is 38.5. The van der Waals surface area contributed by atoms with Crippen molar-refractivity contribution < 1.29 is 85.1 Å². The summed E-state index contributed by atoms with van der Waals surface area (Å²) in [7, 11) is -10.1. The van der Waals surface area contributed by atoms with Crippen LogP contribution in [-0.2, 0) is 72.0 Å². The molecule has 35 heteroatoms. The minimum atomic E-state index is -5.12. The molecule has 81 heavy (non-hydrogen) atoms. The Morgan fingerprint density at radius 1 is 0.815 bits per heavy atom. The fourth-order valence-electron chi connectivity index (χ4n) is 9.10. The molecule has 0 aliphatic carbocycles. The van der Waals surface area contributed by atoms with E-state index in [1.165, 1.54) is 34.5 Å². The summed E-state index contributed by atoms with van der Waals surface area (Å²) in [6, 6.07) is 4.31. The van der Waals surface area contributed by atoms with Crippen molar-refractivity contribution in [1.29, 1.82) is 0 Å². The molecule has 8 heterocycles. The van der Waals surface area contributed by atoms with E-state index in [0.29, 0.717) is 30.5 Å².